The van der Waals surface area contributed by atoms with E-state index in [9.17, 15) is 9.59 Å². The topological polar surface area (TPSA) is 101 Å². The molecule has 3 aromatic rings. The Morgan fingerprint density at radius 1 is 1.14 bits per heavy atom. The number of H-pyrrole nitrogens is 1. The molecule has 3 aliphatic heterocycles. The molecule has 3 aliphatic rings. The number of benzene rings is 1. The van der Waals surface area contributed by atoms with E-state index >= 15 is 0 Å². The number of amides is 1. The Labute approximate surface area is 215 Å². The molecule has 1 amide bonds. The number of aromatic nitrogens is 3. The molecule has 6 rings (SSSR count). The number of hydrogen-bond donors (Lipinski definition) is 2. The normalized spacial score (nSPS) is 21.0. The van der Waals surface area contributed by atoms with E-state index in [0.717, 1.165) is 62.9 Å². The first-order valence-corrected chi connectivity index (χ1v) is 13.5. The van der Waals surface area contributed by atoms with Gasteiger partial charge in [0.25, 0.3) is 11.5 Å². The van der Waals surface area contributed by atoms with Crippen LogP contribution in [0.2, 0.25) is 0 Å². The lowest BCUT2D eigenvalue weighted by Gasteiger charge is -2.44. The second-order valence-electron chi connectivity index (χ2n) is 10.6. The number of nitrogens with zero attached hydrogens (tertiary/aromatic N) is 3. The highest BCUT2D eigenvalue weighted by Gasteiger charge is 2.40. The van der Waals surface area contributed by atoms with E-state index < -0.39 is 0 Å². The number of likely N-dealkylation sites (tertiary alicyclic amines) is 1. The van der Waals surface area contributed by atoms with Gasteiger partial charge in [0.15, 0.2) is 0 Å². The van der Waals surface area contributed by atoms with Crippen LogP contribution in [0.3, 0.4) is 0 Å². The van der Waals surface area contributed by atoms with Gasteiger partial charge in [-0.05, 0) is 69.3 Å². The minimum atomic E-state index is -0.180. The lowest BCUT2D eigenvalue weighted by atomic mass is 9.87. The second kappa shape index (κ2) is 10.0. The van der Waals surface area contributed by atoms with Gasteiger partial charge >= 0.3 is 0 Å². The Kier molecular flexibility index (Phi) is 6.60. The van der Waals surface area contributed by atoms with E-state index in [1.54, 1.807) is 12.3 Å². The standard InChI is InChI=1S/C28H35N5O4/c1-2-19-15-24-22(25-23(27(35)31-24)17-30-33(25)20-5-11-36-12-6-20)16-21(19)26(34)29-18-28(7-13-37-14-8-28)32-9-3-4-10-32/h2,15-17,20H,1,3-14,18H2,(H,29,34)(H,31,35). The van der Waals surface area contributed by atoms with Crippen molar-refractivity contribution in [2.24, 2.45) is 0 Å². The van der Waals surface area contributed by atoms with Crippen molar-refractivity contribution in [1.82, 2.24) is 25.0 Å². The zero-order valence-electron chi connectivity index (χ0n) is 21.3. The quantitative estimate of drug-likeness (QED) is 0.533. The molecule has 5 heterocycles. The molecule has 2 N–H and O–H groups in total. The minimum absolute atomic E-state index is 0.0597. The third-order valence-corrected chi connectivity index (χ3v) is 8.51. The van der Waals surface area contributed by atoms with Gasteiger partial charge in [-0.25, -0.2) is 0 Å². The summed E-state index contributed by atoms with van der Waals surface area (Å²) in [7, 11) is 0. The molecule has 0 aliphatic carbocycles. The van der Waals surface area contributed by atoms with Gasteiger partial charge in [0.1, 0.15) is 0 Å². The largest absolute Gasteiger partial charge is 0.381 e. The highest BCUT2D eigenvalue weighted by molar-refractivity contribution is 6.08. The van der Waals surface area contributed by atoms with Crippen molar-refractivity contribution in [2.75, 3.05) is 46.1 Å². The summed E-state index contributed by atoms with van der Waals surface area (Å²) in [6, 6.07) is 3.90. The van der Waals surface area contributed by atoms with Crippen LogP contribution < -0.4 is 10.9 Å². The van der Waals surface area contributed by atoms with E-state index in [0.29, 0.717) is 41.8 Å². The predicted molar refractivity (Wildman–Crippen MR) is 143 cm³/mol. The maximum Gasteiger partial charge on any atom is 0.259 e. The molecule has 0 radical (unpaired) electrons. The fraction of sp³-hybridized carbons (Fsp3) is 0.536. The van der Waals surface area contributed by atoms with Crippen molar-refractivity contribution in [1.29, 1.82) is 0 Å². The van der Waals surface area contributed by atoms with E-state index in [2.05, 4.69) is 26.9 Å². The van der Waals surface area contributed by atoms with Crippen molar-refractivity contribution in [3.63, 3.8) is 0 Å². The number of ether oxygens (including phenoxy) is 2. The van der Waals surface area contributed by atoms with Gasteiger partial charge in [-0.3, -0.25) is 19.2 Å². The number of nitrogens with one attached hydrogen (secondary N) is 2. The summed E-state index contributed by atoms with van der Waals surface area (Å²) in [5.74, 6) is -0.127. The maximum atomic E-state index is 13.7. The summed E-state index contributed by atoms with van der Waals surface area (Å²) >= 11 is 0. The number of carbonyl (C=O) groups excluding carboxylic acids is 1. The van der Waals surface area contributed by atoms with Gasteiger partial charge in [0.2, 0.25) is 0 Å². The van der Waals surface area contributed by atoms with Crippen LogP contribution in [0.15, 0.2) is 29.7 Å². The van der Waals surface area contributed by atoms with Crippen molar-refractivity contribution < 1.29 is 14.3 Å². The smallest absolute Gasteiger partial charge is 0.259 e. The molecule has 2 aromatic heterocycles. The van der Waals surface area contributed by atoms with E-state index in [1.807, 2.05) is 16.8 Å². The number of pyridine rings is 1. The molecule has 0 unspecified atom stereocenters. The summed E-state index contributed by atoms with van der Waals surface area (Å²) in [6.45, 7) is 9.47. The third kappa shape index (κ3) is 4.39. The average Bonchev–Trinajstić information content (AvgIpc) is 3.64. The number of fused-ring (bicyclic) bond motifs is 3. The minimum Gasteiger partial charge on any atom is -0.381 e. The maximum absolute atomic E-state index is 13.7. The Morgan fingerprint density at radius 3 is 2.59 bits per heavy atom. The van der Waals surface area contributed by atoms with Gasteiger partial charge in [-0.1, -0.05) is 12.7 Å². The number of carbonyl (C=O) groups is 1. The summed E-state index contributed by atoms with van der Waals surface area (Å²) in [4.78, 5) is 32.1. The molecule has 9 nitrogen and oxygen atoms in total. The third-order valence-electron chi connectivity index (χ3n) is 8.51. The van der Waals surface area contributed by atoms with E-state index in [1.165, 1.54) is 12.8 Å². The lowest BCUT2D eigenvalue weighted by Crippen LogP contribution is -2.57. The summed E-state index contributed by atoms with van der Waals surface area (Å²) in [6.07, 6.45) is 9.24. The van der Waals surface area contributed by atoms with Crippen LogP contribution in [0.5, 0.6) is 0 Å². The van der Waals surface area contributed by atoms with Gasteiger partial charge in [0.05, 0.1) is 28.7 Å². The first kappa shape index (κ1) is 24.3. The number of hydrogen-bond acceptors (Lipinski definition) is 6. The molecule has 0 atom stereocenters. The first-order chi connectivity index (χ1) is 18.1. The van der Waals surface area contributed by atoms with Crippen LogP contribution >= 0.6 is 0 Å². The van der Waals surface area contributed by atoms with Crippen molar-refractivity contribution in [3.8, 4) is 0 Å². The lowest BCUT2D eigenvalue weighted by molar-refractivity contribution is -0.0178. The van der Waals surface area contributed by atoms with Gasteiger partial charge < -0.3 is 19.8 Å². The van der Waals surface area contributed by atoms with Crippen LogP contribution in [0.25, 0.3) is 27.9 Å². The summed E-state index contributed by atoms with van der Waals surface area (Å²) in [5, 5.41) is 9.21. The highest BCUT2D eigenvalue weighted by Crippen LogP contribution is 2.32. The van der Waals surface area contributed by atoms with Gasteiger partial charge in [-0.15, -0.1) is 0 Å². The van der Waals surface area contributed by atoms with Crippen LogP contribution in [-0.4, -0.2) is 77.2 Å². The molecule has 196 valence electrons. The molecule has 37 heavy (non-hydrogen) atoms. The Balaban J connectivity index is 1.38. The molecular weight excluding hydrogens is 470 g/mol. The zero-order chi connectivity index (χ0) is 25.4. The van der Waals surface area contributed by atoms with Crippen molar-refractivity contribution >= 4 is 33.8 Å². The van der Waals surface area contributed by atoms with Crippen molar-refractivity contribution in [2.45, 2.75) is 50.1 Å². The summed E-state index contributed by atoms with van der Waals surface area (Å²) < 4.78 is 13.2. The van der Waals surface area contributed by atoms with Crippen LogP contribution in [0, 0.1) is 0 Å². The Morgan fingerprint density at radius 2 is 1.86 bits per heavy atom. The van der Waals surface area contributed by atoms with Crippen LogP contribution in [0.4, 0.5) is 0 Å². The monoisotopic (exact) mass is 505 g/mol. The van der Waals surface area contributed by atoms with Gasteiger partial charge in [-0.2, -0.15) is 5.10 Å². The van der Waals surface area contributed by atoms with Crippen LogP contribution in [0.1, 0.15) is 60.5 Å². The molecule has 0 spiro atoms. The molecule has 3 fully saturated rings. The Hall–Kier alpha value is -3.01. The summed E-state index contributed by atoms with van der Waals surface area (Å²) in [5.41, 5.74) is 2.46. The van der Waals surface area contributed by atoms with E-state index in [4.69, 9.17) is 9.47 Å². The molecular formula is C28H35N5O4. The fourth-order valence-corrected chi connectivity index (χ4v) is 6.36. The Bertz CT molecular complexity index is 1370. The van der Waals surface area contributed by atoms with Crippen molar-refractivity contribution in [3.05, 3.63) is 46.4 Å². The first-order valence-electron chi connectivity index (χ1n) is 13.5. The molecule has 1 aromatic carbocycles. The number of aromatic amines is 1. The SMILES string of the molecule is C=Cc1cc2[nH]c(=O)c3cnn(C4CCOCC4)c3c2cc1C(=O)NCC1(N2CCCC2)CCOCC1. The van der Waals surface area contributed by atoms with Gasteiger partial charge in [0, 0.05) is 49.5 Å². The molecule has 0 bridgehead atoms. The zero-order valence-corrected chi connectivity index (χ0v) is 21.3. The highest BCUT2D eigenvalue weighted by atomic mass is 16.5. The average molecular weight is 506 g/mol. The van der Waals surface area contributed by atoms with E-state index in [-0.39, 0.29) is 23.0 Å². The molecule has 3 saturated heterocycles. The second-order valence-corrected chi connectivity index (χ2v) is 10.6. The molecule has 9 heteroatoms. The number of rotatable bonds is 6. The predicted octanol–water partition coefficient (Wildman–Crippen LogP) is 3.25. The molecule has 0 saturated carbocycles. The van der Waals surface area contributed by atoms with Crippen LogP contribution in [-0.2, 0) is 9.47 Å². The fourth-order valence-electron chi connectivity index (χ4n) is 6.36.